The molecule has 0 aliphatic carbocycles. The summed E-state index contributed by atoms with van der Waals surface area (Å²) >= 11 is 0. The second-order valence-electron chi connectivity index (χ2n) is 0.640. The smallest absolute Gasteiger partial charge is 0.437 e. The van der Waals surface area contributed by atoms with Crippen molar-refractivity contribution in [1.29, 1.82) is 0 Å². The molecule has 0 saturated carbocycles. The Bertz CT molecular complexity index is 77.0. The molecule has 0 atom stereocenters. The van der Waals surface area contributed by atoms with Gasteiger partial charge in [0.2, 0.25) is 0 Å². The fourth-order valence-electron chi connectivity index (χ4n) is 0.0757. The summed E-state index contributed by atoms with van der Waals surface area (Å²) in [6.45, 7) is 0.894. The molecule has 1 radical (unpaired) electrons. The minimum Gasteiger partial charge on any atom is -0.437 e. The van der Waals surface area contributed by atoms with E-state index in [9.17, 15) is 4.79 Å². The Morgan fingerprint density at radius 1 is 1.71 bits per heavy atom. The third-order valence-electron chi connectivity index (χ3n) is 0.292. The number of carbonyl (C=O) groups excluding carboxylic acids is 2. The normalized spacial score (nSPS) is 7.00. The van der Waals surface area contributed by atoms with Gasteiger partial charge < -0.3 is 9.47 Å². The van der Waals surface area contributed by atoms with E-state index in [0.29, 0.717) is 0 Å². The largest absolute Gasteiger partial charge is 0.516 e. The van der Waals surface area contributed by atoms with Crippen molar-refractivity contribution >= 4 is 12.6 Å². The minimum absolute atomic E-state index is 0.894. The Morgan fingerprint density at radius 2 is 2.29 bits per heavy atom. The van der Waals surface area contributed by atoms with Gasteiger partial charge in [-0.1, -0.05) is 0 Å². The van der Waals surface area contributed by atoms with Gasteiger partial charge >= 0.3 is 12.6 Å². The molecule has 0 bridgehead atoms. The molecule has 0 aliphatic heterocycles. The zero-order chi connectivity index (χ0) is 5.70. The average Bonchev–Trinajstić information content (AvgIpc) is 1.68. The van der Waals surface area contributed by atoms with E-state index >= 15 is 0 Å². The van der Waals surface area contributed by atoms with Gasteiger partial charge in [-0.3, -0.25) is 0 Å². The molecule has 0 heterocycles. The van der Waals surface area contributed by atoms with Crippen LogP contribution in [0.3, 0.4) is 0 Å². The molecule has 7 heavy (non-hydrogen) atoms. The van der Waals surface area contributed by atoms with Crippen LogP contribution in [0.25, 0.3) is 0 Å². The first-order valence-electron chi connectivity index (χ1n) is 1.43. The van der Waals surface area contributed by atoms with Crippen LogP contribution in [0.1, 0.15) is 0 Å². The van der Waals surface area contributed by atoms with Crippen LogP contribution in [-0.2, 0) is 14.3 Å². The molecule has 0 spiro atoms. The highest BCUT2D eigenvalue weighted by Crippen LogP contribution is 1.73. The molecule has 0 aromatic carbocycles. The predicted molar refractivity (Wildman–Crippen MR) is 19.2 cm³/mol. The summed E-state index contributed by atoms with van der Waals surface area (Å²) in [4.78, 5) is 18.8. The summed E-state index contributed by atoms with van der Waals surface area (Å²) < 4.78 is 7.39. The number of methoxy groups -OCH3 is 1. The van der Waals surface area contributed by atoms with Gasteiger partial charge in [0.25, 0.3) is 0 Å². The Kier molecular flexibility index (Phi) is 2.67. The molecule has 0 unspecified atom stereocenters. The summed E-state index contributed by atoms with van der Waals surface area (Å²) in [5.74, 6) is 0. The fourth-order valence-corrected chi connectivity index (χ4v) is 0.0757. The van der Waals surface area contributed by atoms with Crippen molar-refractivity contribution in [3.05, 3.63) is 0 Å². The van der Waals surface area contributed by atoms with Crippen LogP contribution in [0, 0.1) is 0 Å². The molecule has 0 amide bonds. The number of carbonyl (C=O) groups is 1. The predicted octanol–water partition coefficient (Wildman–Crippen LogP) is -0.163. The van der Waals surface area contributed by atoms with Crippen molar-refractivity contribution in [2.75, 3.05) is 7.11 Å². The minimum atomic E-state index is -1.05. The summed E-state index contributed by atoms with van der Waals surface area (Å²) in [5, 5.41) is 0. The molecule has 0 fully saturated rings. The molecule has 0 N–H and O–H groups in total. The summed E-state index contributed by atoms with van der Waals surface area (Å²) in [6.07, 6.45) is -1.05. The Hall–Kier alpha value is -1.06. The van der Waals surface area contributed by atoms with E-state index in [1.54, 1.807) is 0 Å². The van der Waals surface area contributed by atoms with Gasteiger partial charge in [-0.25, -0.2) is 9.59 Å². The van der Waals surface area contributed by atoms with Crippen molar-refractivity contribution in [2.45, 2.75) is 0 Å². The van der Waals surface area contributed by atoms with Gasteiger partial charge in [-0.05, 0) is 0 Å². The third-order valence-corrected chi connectivity index (χ3v) is 0.292. The monoisotopic (exact) mass is 103 g/mol. The van der Waals surface area contributed by atoms with Gasteiger partial charge in [0, 0.05) is 0 Å². The second kappa shape index (κ2) is 3.14. The van der Waals surface area contributed by atoms with E-state index in [2.05, 4.69) is 9.47 Å². The number of ether oxygens (including phenoxy) is 2. The maximum atomic E-state index is 9.70. The van der Waals surface area contributed by atoms with E-state index in [1.165, 1.54) is 0 Å². The molecular weight excluding hydrogens is 100 g/mol. The van der Waals surface area contributed by atoms with Crippen LogP contribution in [0.5, 0.6) is 0 Å². The lowest BCUT2D eigenvalue weighted by Crippen LogP contribution is -2.00. The van der Waals surface area contributed by atoms with Crippen LogP contribution in [0.2, 0.25) is 0 Å². The van der Waals surface area contributed by atoms with Crippen LogP contribution in [0.15, 0.2) is 0 Å². The highest BCUT2D eigenvalue weighted by Gasteiger charge is 1.95. The molecule has 0 aliphatic rings. The van der Waals surface area contributed by atoms with E-state index in [0.717, 1.165) is 13.6 Å². The average molecular weight is 103 g/mol. The summed E-state index contributed by atoms with van der Waals surface area (Å²) in [7, 11) is 1.10. The maximum Gasteiger partial charge on any atom is 0.516 e. The van der Waals surface area contributed by atoms with Gasteiger partial charge in [0.05, 0.1) is 7.11 Å². The summed E-state index contributed by atoms with van der Waals surface area (Å²) in [6, 6.07) is 0. The molecule has 39 valence electrons. The van der Waals surface area contributed by atoms with E-state index in [4.69, 9.17) is 4.79 Å². The highest BCUT2D eigenvalue weighted by molar-refractivity contribution is 5.69. The Balaban J connectivity index is 3.17. The molecule has 0 aromatic rings. The van der Waals surface area contributed by atoms with Gasteiger partial charge in [-0.2, -0.15) is 0 Å². The Labute approximate surface area is 40.0 Å². The maximum absolute atomic E-state index is 9.70. The zero-order valence-electron chi connectivity index (χ0n) is 3.63. The second-order valence-corrected chi connectivity index (χ2v) is 0.640. The molecule has 4 nitrogen and oxygen atoms in total. The van der Waals surface area contributed by atoms with Crippen LogP contribution < -0.4 is 0 Å². The lowest BCUT2D eigenvalue weighted by Gasteiger charge is -1.86. The fraction of sp³-hybridized carbons (Fsp3) is 0.333. The number of hydrogen-bond donors (Lipinski definition) is 0. The van der Waals surface area contributed by atoms with Gasteiger partial charge in [0.15, 0.2) is 0 Å². The van der Waals surface area contributed by atoms with Crippen molar-refractivity contribution in [3.63, 3.8) is 0 Å². The molecule has 0 saturated heterocycles. The lowest BCUT2D eigenvalue weighted by atomic mass is 11.3. The quantitative estimate of drug-likeness (QED) is 0.341. The summed E-state index contributed by atoms with van der Waals surface area (Å²) in [5.41, 5.74) is 0. The molecular formula is C3H3O4. The first kappa shape index (κ1) is 5.94. The topological polar surface area (TPSA) is 52.6 Å². The molecule has 4 heteroatoms. The van der Waals surface area contributed by atoms with Crippen molar-refractivity contribution in [2.24, 2.45) is 0 Å². The van der Waals surface area contributed by atoms with Crippen molar-refractivity contribution < 1.29 is 19.1 Å². The number of hydrogen-bond acceptors (Lipinski definition) is 4. The SMILES string of the molecule is COC(=O)O[C]=O. The van der Waals surface area contributed by atoms with Crippen molar-refractivity contribution in [1.82, 2.24) is 0 Å². The molecule has 0 rings (SSSR count). The Morgan fingerprint density at radius 3 is 2.43 bits per heavy atom. The highest BCUT2D eigenvalue weighted by atomic mass is 16.7. The van der Waals surface area contributed by atoms with Crippen molar-refractivity contribution in [3.8, 4) is 0 Å². The third kappa shape index (κ3) is 2.75. The van der Waals surface area contributed by atoms with Crippen LogP contribution >= 0.6 is 0 Å². The standard InChI is InChI=1S/C3H3O4/c1-6-3(5)7-2-4/h1H3. The lowest BCUT2D eigenvalue weighted by molar-refractivity contribution is 0.115. The van der Waals surface area contributed by atoms with Crippen LogP contribution in [-0.4, -0.2) is 19.7 Å². The van der Waals surface area contributed by atoms with E-state index in [1.807, 2.05) is 0 Å². The van der Waals surface area contributed by atoms with Crippen LogP contribution in [0.4, 0.5) is 4.79 Å². The first-order chi connectivity index (χ1) is 3.31. The first-order valence-corrected chi connectivity index (χ1v) is 1.43. The number of rotatable bonds is 1. The van der Waals surface area contributed by atoms with E-state index < -0.39 is 6.16 Å². The molecule has 0 aromatic heterocycles. The van der Waals surface area contributed by atoms with E-state index in [-0.39, 0.29) is 0 Å². The van der Waals surface area contributed by atoms with Gasteiger partial charge in [0.1, 0.15) is 0 Å². The zero-order valence-corrected chi connectivity index (χ0v) is 3.63. The van der Waals surface area contributed by atoms with Gasteiger partial charge in [-0.15, -0.1) is 0 Å².